The first kappa shape index (κ1) is 9.71. The molecule has 0 fully saturated rings. The number of aromatic nitrogens is 2. The maximum Gasteiger partial charge on any atom is 0.0714 e. The zero-order valence-corrected chi connectivity index (χ0v) is 9.95. The highest BCUT2D eigenvalue weighted by Gasteiger charge is 2.09. The van der Waals surface area contributed by atoms with Gasteiger partial charge in [-0.15, -0.1) is 0 Å². The smallest absolute Gasteiger partial charge is 0.0714 e. The van der Waals surface area contributed by atoms with Crippen LogP contribution in [-0.2, 0) is 13.5 Å². The summed E-state index contributed by atoms with van der Waals surface area (Å²) in [6.45, 7) is 2.14. The van der Waals surface area contributed by atoms with Crippen molar-refractivity contribution >= 4 is 26.8 Å². The normalized spacial score (nSPS) is 13.4. The lowest BCUT2D eigenvalue weighted by Crippen LogP contribution is -1.98. The summed E-state index contributed by atoms with van der Waals surface area (Å²) >= 11 is 3.56. The average molecular weight is 253 g/mol. The van der Waals surface area contributed by atoms with Crippen LogP contribution in [-0.4, -0.2) is 14.6 Å². The minimum atomic E-state index is 0.473. The monoisotopic (exact) mass is 252 g/mol. The molecule has 0 amide bonds. The van der Waals surface area contributed by atoms with Crippen LogP contribution in [0, 0.1) is 0 Å². The van der Waals surface area contributed by atoms with Gasteiger partial charge in [0, 0.05) is 23.7 Å². The molecule has 0 bridgehead atoms. The average Bonchev–Trinajstić information content (AvgIpc) is 2.44. The predicted octanol–water partition coefficient (Wildman–Crippen LogP) is 2.90. The third kappa shape index (κ3) is 1.69. The van der Waals surface area contributed by atoms with E-state index in [-0.39, 0.29) is 0 Å². The fourth-order valence-electron chi connectivity index (χ4n) is 1.71. The third-order valence-electron chi connectivity index (χ3n) is 2.31. The van der Waals surface area contributed by atoms with Crippen molar-refractivity contribution in [3.8, 4) is 0 Å². The Morgan fingerprint density at radius 1 is 1.43 bits per heavy atom. The number of halogens is 1. The molecule has 3 heteroatoms. The highest BCUT2D eigenvalue weighted by Crippen LogP contribution is 2.20. The maximum absolute atomic E-state index is 4.52. The van der Waals surface area contributed by atoms with E-state index in [1.165, 1.54) is 16.6 Å². The minimum absolute atomic E-state index is 0.473. The summed E-state index contributed by atoms with van der Waals surface area (Å²) in [5.41, 5.74) is 2.38. The Kier molecular flexibility index (Phi) is 2.59. The van der Waals surface area contributed by atoms with Crippen LogP contribution in [0.2, 0.25) is 0 Å². The molecule has 2 rings (SSSR count). The number of benzene rings is 1. The summed E-state index contributed by atoms with van der Waals surface area (Å²) < 4.78 is 1.94. The van der Waals surface area contributed by atoms with Crippen LogP contribution in [0.5, 0.6) is 0 Å². The molecule has 0 saturated carbocycles. The molecule has 1 atom stereocenters. The molecule has 0 spiro atoms. The van der Waals surface area contributed by atoms with Gasteiger partial charge in [0.05, 0.1) is 11.2 Å². The van der Waals surface area contributed by atoms with Crippen LogP contribution in [0.1, 0.15) is 12.6 Å². The first-order valence-corrected chi connectivity index (χ1v) is 5.64. The number of alkyl halides is 1. The van der Waals surface area contributed by atoms with E-state index in [0.717, 1.165) is 6.42 Å². The van der Waals surface area contributed by atoms with Gasteiger partial charge in [0.2, 0.25) is 0 Å². The third-order valence-corrected chi connectivity index (χ3v) is 2.63. The minimum Gasteiger partial charge on any atom is -0.268 e. The van der Waals surface area contributed by atoms with Crippen LogP contribution in [0.25, 0.3) is 10.9 Å². The van der Waals surface area contributed by atoms with E-state index in [1.807, 2.05) is 17.8 Å². The number of rotatable bonds is 2. The zero-order chi connectivity index (χ0) is 10.1. The number of hydrogen-bond donors (Lipinski definition) is 0. The van der Waals surface area contributed by atoms with Crippen molar-refractivity contribution < 1.29 is 0 Å². The van der Waals surface area contributed by atoms with E-state index in [4.69, 9.17) is 0 Å². The van der Waals surface area contributed by atoms with Gasteiger partial charge < -0.3 is 0 Å². The van der Waals surface area contributed by atoms with Crippen LogP contribution in [0.15, 0.2) is 24.3 Å². The number of hydrogen-bond acceptors (Lipinski definition) is 1. The molecule has 2 aromatic rings. The second kappa shape index (κ2) is 3.73. The van der Waals surface area contributed by atoms with Crippen LogP contribution in [0.4, 0.5) is 0 Å². The van der Waals surface area contributed by atoms with E-state index in [1.54, 1.807) is 0 Å². The van der Waals surface area contributed by atoms with Gasteiger partial charge >= 0.3 is 0 Å². The lowest BCUT2D eigenvalue weighted by atomic mass is 10.1. The van der Waals surface area contributed by atoms with Gasteiger partial charge in [0.25, 0.3) is 0 Å². The fourth-order valence-corrected chi connectivity index (χ4v) is 2.01. The lowest BCUT2D eigenvalue weighted by Gasteiger charge is -1.98. The Morgan fingerprint density at radius 2 is 2.14 bits per heavy atom. The number of fused-ring (bicyclic) bond motifs is 1. The van der Waals surface area contributed by atoms with Crippen molar-refractivity contribution in [2.45, 2.75) is 18.2 Å². The summed E-state index contributed by atoms with van der Waals surface area (Å²) in [5.74, 6) is 0. The molecule has 14 heavy (non-hydrogen) atoms. The summed E-state index contributed by atoms with van der Waals surface area (Å²) in [6, 6.07) is 8.34. The Hall–Kier alpha value is -0.830. The molecule has 0 aliphatic heterocycles. The van der Waals surface area contributed by atoms with E-state index in [0.29, 0.717) is 4.83 Å². The predicted molar refractivity (Wildman–Crippen MR) is 62.8 cm³/mol. The first-order valence-electron chi connectivity index (χ1n) is 4.73. The molecule has 1 unspecified atom stereocenters. The second-order valence-electron chi connectivity index (χ2n) is 3.57. The summed E-state index contributed by atoms with van der Waals surface area (Å²) in [7, 11) is 1.99. The second-order valence-corrected chi connectivity index (χ2v) is 5.14. The highest BCUT2D eigenvalue weighted by atomic mass is 79.9. The van der Waals surface area contributed by atoms with Crippen LogP contribution >= 0.6 is 15.9 Å². The molecule has 0 aliphatic carbocycles. The van der Waals surface area contributed by atoms with Crippen molar-refractivity contribution in [1.82, 2.24) is 9.78 Å². The van der Waals surface area contributed by atoms with Crippen molar-refractivity contribution in [3.05, 3.63) is 30.0 Å². The Morgan fingerprint density at radius 3 is 2.86 bits per heavy atom. The molecule has 1 heterocycles. The number of para-hydroxylation sites is 1. The van der Waals surface area contributed by atoms with Crippen molar-refractivity contribution in [3.63, 3.8) is 0 Å². The Labute approximate surface area is 92.0 Å². The SMILES string of the molecule is CC(Br)Cc1nn(C)c2ccccc12. The maximum atomic E-state index is 4.52. The first-order chi connectivity index (χ1) is 6.68. The van der Waals surface area contributed by atoms with Gasteiger partial charge in [-0.05, 0) is 6.07 Å². The van der Waals surface area contributed by atoms with Gasteiger partial charge in [0.15, 0.2) is 0 Å². The van der Waals surface area contributed by atoms with E-state index in [9.17, 15) is 0 Å². The molecule has 0 saturated heterocycles. The molecule has 0 radical (unpaired) electrons. The van der Waals surface area contributed by atoms with E-state index >= 15 is 0 Å². The zero-order valence-electron chi connectivity index (χ0n) is 8.37. The molecule has 74 valence electrons. The Balaban J connectivity index is 2.55. The summed E-state index contributed by atoms with van der Waals surface area (Å²) in [5, 5.41) is 5.78. The molecule has 0 aliphatic rings. The van der Waals surface area contributed by atoms with Crippen molar-refractivity contribution in [1.29, 1.82) is 0 Å². The molecule has 1 aromatic heterocycles. The molecule has 0 N–H and O–H groups in total. The number of aryl methyl sites for hydroxylation is 1. The standard InChI is InChI=1S/C11H13BrN2/c1-8(12)7-10-9-5-3-4-6-11(9)14(2)13-10/h3-6,8H,7H2,1-2H3. The molecular weight excluding hydrogens is 240 g/mol. The molecular formula is C11H13BrN2. The van der Waals surface area contributed by atoms with Gasteiger partial charge in [0.1, 0.15) is 0 Å². The van der Waals surface area contributed by atoms with Gasteiger partial charge in [-0.3, -0.25) is 4.68 Å². The van der Waals surface area contributed by atoms with Gasteiger partial charge in [-0.2, -0.15) is 5.10 Å². The van der Waals surface area contributed by atoms with Gasteiger partial charge in [-0.1, -0.05) is 41.1 Å². The quantitative estimate of drug-likeness (QED) is 0.752. The molecule has 1 aromatic carbocycles. The van der Waals surface area contributed by atoms with E-state index in [2.05, 4.69) is 46.2 Å². The van der Waals surface area contributed by atoms with Crippen molar-refractivity contribution in [2.75, 3.05) is 0 Å². The van der Waals surface area contributed by atoms with Gasteiger partial charge in [-0.25, -0.2) is 0 Å². The molecule has 2 nitrogen and oxygen atoms in total. The Bertz CT molecular complexity index is 445. The fraction of sp³-hybridized carbons (Fsp3) is 0.364. The lowest BCUT2D eigenvalue weighted by molar-refractivity contribution is 0.759. The number of nitrogens with zero attached hydrogens (tertiary/aromatic N) is 2. The van der Waals surface area contributed by atoms with Crippen LogP contribution in [0.3, 0.4) is 0 Å². The summed E-state index contributed by atoms with van der Waals surface area (Å²) in [6.07, 6.45) is 0.974. The highest BCUT2D eigenvalue weighted by molar-refractivity contribution is 9.09. The van der Waals surface area contributed by atoms with Crippen LogP contribution < -0.4 is 0 Å². The summed E-state index contributed by atoms with van der Waals surface area (Å²) in [4.78, 5) is 0.473. The topological polar surface area (TPSA) is 17.8 Å². The van der Waals surface area contributed by atoms with E-state index < -0.39 is 0 Å². The largest absolute Gasteiger partial charge is 0.268 e. The van der Waals surface area contributed by atoms with Crippen molar-refractivity contribution in [2.24, 2.45) is 7.05 Å².